The lowest BCUT2D eigenvalue weighted by molar-refractivity contribution is 0.664. The second-order valence-electron chi connectivity index (χ2n) is 4.19. The summed E-state index contributed by atoms with van der Waals surface area (Å²) in [4.78, 5) is 4.47. The Morgan fingerprint density at radius 2 is 2.27 bits per heavy atom. The van der Waals surface area contributed by atoms with Gasteiger partial charge >= 0.3 is 0 Å². The first-order chi connectivity index (χ1) is 7.31. The number of rotatable bonds is 4. The summed E-state index contributed by atoms with van der Waals surface area (Å²) in [6.07, 6.45) is 7.59. The van der Waals surface area contributed by atoms with Crippen LogP contribution in [-0.2, 0) is 0 Å². The average Bonchev–Trinajstić information content (AvgIpc) is 2.89. The summed E-state index contributed by atoms with van der Waals surface area (Å²) >= 11 is 0. The van der Waals surface area contributed by atoms with E-state index in [9.17, 15) is 0 Å². The van der Waals surface area contributed by atoms with Crippen molar-refractivity contribution in [2.45, 2.75) is 44.1 Å². The van der Waals surface area contributed by atoms with Gasteiger partial charge in [-0.2, -0.15) is 5.10 Å². The van der Waals surface area contributed by atoms with Crippen molar-refractivity contribution < 1.29 is 0 Å². The van der Waals surface area contributed by atoms with Crippen LogP contribution in [-0.4, -0.2) is 15.2 Å². The zero-order valence-electron chi connectivity index (χ0n) is 8.95. The number of H-pyrrole nitrogens is 1. The fourth-order valence-corrected chi connectivity index (χ4v) is 2.12. The smallest absolute Gasteiger partial charge is 0.167 e. The van der Waals surface area contributed by atoms with Crippen molar-refractivity contribution in [3.8, 4) is 0 Å². The fraction of sp³-hybridized carbons (Fsp3) is 0.636. The topological polar surface area (TPSA) is 67.6 Å². The molecule has 82 valence electrons. The van der Waals surface area contributed by atoms with Gasteiger partial charge in [0, 0.05) is 5.92 Å². The molecule has 4 heteroatoms. The Kier molecular flexibility index (Phi) is 3.16. The van der Waals surface area contributed by atoms with E-state index in [4.69, 9.17) is 5.73 Å². The lowest BCUT2D eigenvalue weighted by Gasteiger charge is -2.03. The molecule has 1 unspecified atom stereocenters. The van der Waals surface area contributed by atoms with Crippen molar-refractivity contribution in [1.82, 2.24) is 15.2 Å². The van der Waals surface area contributed by atoms with Crippen molar-refractivity contribution >= 4 is 0 Å². The Morgan fingerprint density at radius 3 is 2.93 bits per heavy atom. The number of nitrogens with two attached hydrogens (primary N) is 1. The molecule has 3 N–H and O–H groups in total. The third-order valence-electron chi connectivity index (χ3n) is 3.01. The average molecular weight is 206 g/mol. The maximum atomic E-state index is 5.90. The van der Waals surface area contributed by atoms with Crippen LogP contribution in [0.3, 0.4) is 0 Å². The largest absolute Gasteiger partial charge is 0.321 e. The molecule has 1 atom stereocenters. The highest BCUT2D eigenvalue weighted by Gasteiger charge is 2.21. The molecule has 1 saturated carbocycles. The number of nitrogens with one attached hydrogen (secondary N) is 1. The van der Waals surface area contributed by atoms with Gasteiger partial charge in [0.1, 0.15) is 5.82 Å². The fourth-order valence-electron chi connectivity index (χ4n) is 2.12. The predicted molar refractivity (Wildman–Crippen MR) is 59.3 cm³/mol. The van der Waals surface area contributed by atoms with Gasteiger partial charge in [0.25, 0.3) is 0 Å². The Bertz CT molecular complexity index is 325. The van der Waals surface area contributed by atoms with E-state index in [1.165, 1.54) is 25.7 Å². The molecule has 15 heavy (non-hydrogen) atoms. The molecular weight excluding hydrogens is 188 g/mol. The molecule has 1 aromatic heterocycles. The van der Waals surface area contributed by atoms with Crippen LogP contribution in [0.15, 0.2) is 12.7 Å². The number of hydrogen-bond acceptors (Lipinski definition) is 3. The Hall–Kier alpha value is -1.16. The van der Waals surface area contributed by atoms with Crippen LogP contribution in [0.4, 0.5) is 0 Å². The van der Waals surface area contributed by atoms with E-state index in [1.807, 2.05) is 0 Å². The van der Waals surface area contributed by atoms with Gasteiger partial charge in [-0.25, -0.2) is 4.98 Å². The van der Waals surface area contributed by atoms with Gasteiger partial charge in [-0.3, -0.25) is 5.10 Å². The van der Waals surface area contributed by atoms with Crippen LogP contribution in [0.1, 0.15) is 55.7 Å². The minimum absolute atomic E-state index is 0.117. The Balaban J connectivity index is 2.05. The highest BCUT2D eigenvalue weighted by molar-refractivity contribution is 5.03. The highest BCUT2D eigenvalue weighted by atomic mass is 15.2. The molecule has 1 fully saturated rings. The molecule has 2 rings (SSSR count). The summed E-state index contributed by atoms with van der Waals surface area (Å²) in [6, 6.07) is -0.117. The quantitative estimate of drug-likeness (QED) is 0.741. The summed E-state index contributed by atoms with van der Waals surface area (Å²) < 4.78 is 0. The first kappa shape index (κ1) is 10.4. The number of nitrogens with zero attached hydrogens (tertiary/aromatic N) is 2. The van der Waals surface area contributed by atoms with Gasteiger partial charge < -0.3 is 5.73 Å². The molecule has 0 aromatic carbocycles. The van der Waals surface area contributed by atoms with Crippen LogP contribution in [0.2, 0.25) is 0 Å². The van der Waals surface area contributed by atoms with Crippen molar-refractivity contribution in [1.29, 1.82) is 0 Å². The molecule has 4 nitrogen and oxygen atoms in total. The van der Waals surface area contributed by atoms with Crippen molar-refractivity contribution in [3.63, 3.8) is 0 Å². The van der Waals surface area contributed by atoms with Gasteiger partial charge in [-0.1, -0.05) is 18.9 Å². The first-order valence-electron chi connectivity index (χ1n) is 5.60. The van der Waals surface area contributed by atoms with E-state index in [2.05, 4.69) is 21.8 Å². The van der Waals surface area contributed by atoms with E-state index in [-0.39, 0.29) is 6.04 Å². The van der Waals surface area contributed by atoms with Gasteiger partial charge in [-0.15, -0.1) is 6.58 Å². The molecule has 0 radical (unpaired) electrons. The van der Waals surface area contributed by atoms with Crippen molar-refractivity contribution in [2.75, 3.05) is 0 Å². The zero-order valence-corrected chi connectivity index (χ0v) is 8.95. The molecule has 1 aliphatic rings. The molecule has 1 aromatic rings. The van der Waals surface area contributed by atoms with Crippen LogP contribution >= 0.6 is 0 Å². The molecule has 1 aliphatic carbocycles. The molecule has 0 aliphatic heterocycles. The summed E-state index contributed by atoms with van der Waals surface area (Å²) in [5.41, 5.74) is 5.90. The van der Waals surface area contributed by atoms with E-state index in [0.29, 0.717) is 5.92 Å². The molecule has 1 heterocycles. The third kappa shape index (κ3) is 2.26. The Morgan fingerprint density at radius 1 is 1.53 bits per heavy atom. The maximum Gasteiger partial charge on any atom is 0.167 e. The van der Waals surface area contributed by atoms with Crippen molar-refractivity contribution in [2.24, 2.45) is 5.73 Å². The van der Waals surface area contributed by atoms with E-state index in [1.54, 1.807) is 6.08 Å². The lowest BCUT2D eigenvalue weighted by atomic mass is 10.1. The summed E-state index contributed by atoms with van der Waals surface area (Å²) in [6.45, 7) is 3.66. The predicted octanol–water partition coefficient (Wildman–Crippen LogP) is 2.04. The van der Waals surface area contributed by atoms with Crippen LogP contribution in [0.5, 0.6) is 0 Å². The molecular formula is C11H18N4. The lowest BCUT2D eigenvalue weighted by Crippen LogP contribution is -2.11. The zero-order chi connectivity index (χ0) is 10.7. The highest BCUT2D eigenvalue weighted by Crippen LogP contribution is 2.32. The third-order valence-corrected chi connectivity index (χ3v) is 3.01. The van der Waals surface area contributed by atoms with Gasteiger partial charge in [0.05, 0.1) is 6.04 Å². The van der Waals surface area contributed by atoms with Gasteiger partial charge in [-0.05, 0) is 19.3 Å². The molecule has 0 saturated heterocycles. The summed E-state index contributed by atoms with van der Waals surface area (Å²) in [7, 11) is 0. The maximum absolute atomic E-state index is 5.90. The van der Waals surface area contributed by atoms with E-state index in [0.717, 1.165) is 18.1 Å². The SMILES string of the molecule is C=CCC(N)c1n[nH]c(C2CCCC2)n1. The van der Waals surface area contributed by atoms with Crippen LogP contribution in [0, 0.1) is 0 Å². The molecule has 0 spiro atoms. The van der Waals surface area contributed by atoms with Crippen molar-refractivity contribution in [3.05, 3.63) is 24.3 Å². The van der Waals surface area contributed by atoms with Crippen LogP contribution < -0.4 is 5.73 Å². The molecule has 0 amide bonds. The van der Waals surface area contributed by atoms with Gasteiger partial charge in [0.15, 0.2) is 5.82 Å². The number of aromatic amines is 1. The normalized spacial score (nSPS) is 19.3. The van der Waals surface area contributed by atoms with E-state index < -0.39 is 0 Å². The number of hydrogen-bond donors (Lipinski definition) is 2. The second kappa shape index (κ2) is 4.57. The molecule has 0 bridgehead atoms. The second-order valence-corrected chi connectivity index (χ2v) is 4.19. The first-order valence-corrected chi connectivity index (χ1v) is 5.60. The standard InChI is InChI=1S/C11H18N4/c1-2-5-9(12)11-13-10(14-15-11)8-6-3-4-7-8/h2,8-9H,1,3-7,12H2,(H,13,14,15). The summed E-state index contributed by atoms with van der Waals surface area (Å²) in [5.74, 6) is 2.31. The summed E-state index contributed by atoms with van der Waals surface area (Å²) in [5, 5.41) is 7.18. The number of aromatic nitrogens is 3. The minimum atomic E-state index is -0.117. The minimum Gasteiger partial charge on any atom is -0.321 e. The van der Waals surface area contributed by atoms with Gasteiger partial charge in [0.2, 0.25) is 0 Å². The van der Waals surface area contributed by atoms with Crippen LogP contribution in [0.25, 0.3) is 0 Å². The monoisotopic (exact) mass is 206 g/mol. The Labute approximate surface area is 90.0 Å². The van der Waals surface area contributed by atoms with E-state index >= 15 is 0 Å².